The first-order chi connectivity index (χ1) is 11.6. The largest absolute Gasteiger partial charge is 0.338 e. The van der Waals surface area contributed by atoms with Gasteiger partial charge < -0.3 is 4.52 Å². The van der Waals surface area contributed by atoms with Crippen LogP contribution in [-0.4, -0.2) is 22.1 Å². The molecule has 2 aromatic carbocycles. The predicted octanol–water partition coefficient (Wildman–Crippen LogP) is 3.55. The standard InChI is InChI=1S/C19H18N4O/c1-14-6-8-17(9-7-14)19-21-18(24-22-19)13-23(2)12-16-5-3-4-15(10-16)11-20/h3-10H,12-13H2,1-2H3. The maximum atomic E-state index is 8.96. The van der Waals surface area contributed by atoms with Gasteiger partial charge in [0.05, 0.1) is 18.2 Å². The summed E-state index contributed by atoms with van der Waals surface area (Å²) < 4.78 is 5.35. The Morgan fingerprint density at radius 1 is 1.12 bits per heavy atom. The van der Waals surface area contributed by atoms with Crippen molar-refractivity contribution in [2.45, 2.75) is 20.0 Å². The van der Waals surface area contributed by atoms with Crippen LogP contribution in [0.15, 0.2) is 53.1 Å². The number of hydrogen-bond acceptors (Lipinski definition) is 5. The molecule has 120 valence electrons. The average molecular weight is 318 g/mol. The molecule has 0 spiro atoms. The summed E-state index contributed by atoms with van der Waals surface area (Å²) in [7, 11) is 1.98. The van der Waals surface area contributed by atoms with Gasteiger partial charge in [0.1, 0.15) is 0 Å². The molecule has 0 saturated heterocycles. The summed E-state index contributed by atoms with van der Waals surface area (Å²) in [5.74, 6) is 1.18. The van der Waals surface area contributed by atoms with E-state index >= 15 is 0 Å². The van der Waals surface area contributed by atoms with Crippen molar-refractivity contribution in [3.63, 3.8) is 0 Å². The number of aryl methyl sites for hydroxylation is 1. The molecule has 1 aromatic heterocycles. The lowest BCUT2D eigenvalue weighted by atomic mass is 10.1. The first kappa shape index (κ1) is 15.9. The Morgan fingerprint density at radius 2 is 1.92 bits per heavy atom. The van der Waals surface area contributed by atoms with Crippen LogP contribution in [0.2, 0.25) is 0 Å². The Bertz CT molecular complexity index is 862. The van der Waals surface area contributed by atoms with Gasteiger partial charge in [0.25, 0.3) is 0 Å². The summed E-state index contributed by atoms with van der Waals surface area (Å²) in [6.45, 7) is 3.30. The van der Waals surface area contributed by atoms with Gasteiger partial charge >= 0.3 is 0 Å². The quantitative estimate of drug-likeness (QED) is 0.720. The third kappa shape index (κ3) is 3.86. The van der Waals surface area contributed by atoms with Gasteiger partial charge in [-0.3, -0.25) is 4.90 Å². The van der Waals surface area contributed by atoms with E-state index in [0.717, 1.165) is 11.1 Å². The molecule has 0 bridgehead atoms. The van der Waals surface area contributed by atoms with Gasteiger partial charge in [-0.05, 0) is 31.7 Å². The molecule has 3 rings (SSSR count). The maximum absolute atomic E-state index is 8.96. The molecule has 5 nitrogen and oxygen atoms in total. The Balaban J connectivity index is 1.65. The van der Waals surface area contributed by atoms with Crippen LogP contribution in [0.25, 0.3) is 11.4 Å². The van der Waals surface area contributed by atoms with E-state index in [1.165, 1.54) is 5.56 Å². The first-order valence-corrected chi connectivity index (χ1v) is 7.71. The summed E-state index contributed by atoms with van der Waals surface area (Å²) in [6, 6.07) is 17.8. The van der Waals surface area contributed by atoms with E-state index in [0.29, 0.717) is 30.4 Å². The van der Waals surface area contributed by atoms with E-state index in [9.17, 15) is 0 Å². The minimum Gasteiger partial charge on any atom is -0.338 e. The normalized spacial score (nSPS) is 10.8. The number of rotatable bonds is 5. The lowest BCUT2D eigenvalue weighted by Gasteiger charge is -2.14. The van der Waals surface area contributed by atoms with E-state index in [-0.39, 0.29) is 0 Å². The van der Waals surface area contributed by atoms with Crippen molar-refractivity contribution in [2.75, 3.05) is 7.05 Å². The summed E-state index contributed by atoms with van der Waals surface area (Å²) >= 11 is 0. The van der Waals surface area contributed by atoms with E-state index in [4.69, 9.17) is 9.78 Å². The highest BCUT2D eigenvalue weighted by molar-refractivity contribution is 5.54. The molecule has 24 heavy (non-hydrogen) atoms. The van der Waals surface area contributed by atoms with Crippen molar-refractivity contribution in [1.82, 2.24) is 15.0 Å². The monoisotopic (exact) mass is 318 g/mol. The van der Waals surface area contributed by atoms with E-state index in [1.54, 1.807) is 6.07 Å². The highest BCUT2D eigenvalue weighted by Gasteiger charge is 2.11. The first-order valence-electron chi connectivity index (χ1n) is 7.71. The van der Waals surface area contributed by atoms with E-state index in [2.05, 4.69) is 21.1 Å². The van der Waals surface area contributed by atoms with Gasteiger partial charge in [-0.1, -0.05) is 47.1 Å². The summed E-state index contributed by atoms with van der Waals surface area (Å²) in [5, 5.41) is 13.0. The van der Waals surface area contributed by atoms with Crippen molar-refractivity contribution in [3.8, 4) is 17.5 Å². The fraction of sp³-hybridized carbons (Fsp3) is 0.211. The van der Waals surface area contributed by atoms with Crippen molar-refractivity contribution in [3.05, 3.63) is 71.1 Å². The molecule has 0 N–H and O–H groups in total. The highest BCUT2D eigenvalue weighted by atomic mass is 16.5. The molecule has 0 radical (unpaired) electrons. The van der Waals surface area contributed by atoms with Crippen LogP contribution in [0.3, 0.4) is 0 Å². The molecule has 5 heteroatoms. The second-order valence-corrected chi connectivity index (χ2v) is 5.86. The molecule has 0 aliphatic rings. The number of benzene rings is 2. The van der Waals surface area contributed by atoms with Crippen molar-refractivity contribution in [1.29, 1.82) is 5.26 Å². The van der Waals surface area contributed by atoms with Gasteiger partial charge in [0, 0.05) is 12.1 Å². The number of nitrogens with zero attached hydrogens (tertiary/aromatic N) is 4. The molecule has 0 amide bonds. The molecule has 1 heterocycles. The Kier molecular flexibility index (Phi) is 4.69. The molecule has 0 unspecified atom stereocenters. The van der Waals surface area contributed by atoms with Crippen molar-refractivity contribution >= 4 is 0 Å². The van der Waals surface area contributed by atoms with Gasteiger partial charge in [0.2, 0.25) is 11.7 Å². The number of aromatic nitrogens is 2. The van der Waals surface area contributed by atoms with Crippen LogP contribution in [0, 0.1) is 18.3 Å². The maximum Gasteiger partial charge on any atom is 0.241 e. The zero-order chi connectivity index (χ0) is 16.9. The van der Waals surface area contributed by atoms with Gasteiger partial charge in [0.15, 0.2) is 0 Å². The lowest BCUT2D eigenvalue weighted by molar-refractivity contribution is 0.261. The minimum absolute atomic E-state index is 0.551. The molecule has 0 saturated carbocycles. The van der Waals surface area contributed by atoms with Crippen molar-refractivity contribution in [2.24, 2.45) is 0 Å². The van der Waals surface area contributed by atoms with Gasteiger partial charge in [-0.2, -0.15) is 10.2 Å². The molecule has 0 atom stereocenters. The van der Waals surface area contributed by atoms with Crippen LogP contribution in [0.1, 0.15) is 22.6 Å². The van der Waals surface area contributed by atoms with Crippen LogP contribution in [0.4, 0.5) is 0 Å². The summed E-state index contributed by atoms with van der Waals surface area (Å²) in [4.78, 5) is 6.53. The van der Waals surface area contributed by atoms with Crippen LogP contribution in [0.5, 0.6) is 0 Å². The molecule has 0 aliphatic carbocycles. The van der Waals surface area contributed by atoms with Gasteiger partial charge in [-0.25, -0.2) is 0 Å². The van der Waals surface area contributed by atoms with Crippen LogP contribution < -0.4 is 0 Å². The fourth-order valence-electron chi connectivity index (χ4n) is 2.48. The van der Waals surface area contributed by atoms with Crippen LogP contribution in [-0.2, 0) is 13.1 Å². The zero-order valence-corrected chi connectivity index (χ0v) is 13.7. The summed E-state index contributed by atoms with van der Waals surface area (Å²) in [6.07, 6.45) is 0. The molecule has 0 fully saturated rings. The summed E-state index contributed by atoms with van der Waals surface area (Å²) in [5.41, 5.74) is 3.89. The number of hydrogen-bond donors (Lipinski definition) is 0. The predicted molar refractivity (Wildman–Crippen MR) is 90.8 cm³/mol. The molecule has 0 aliphatic heterocycles. The number of nitriles is 1. The SMILES string of the molecule is Cc1ccc(-c2noc(CN(C)Cc3cccc(C#N)c3)n2)cc1. The van der Waals surface area contributed by atoms with E-state index < -0.39 is 0 Å². The average Bonchev–Trinajstić information content (AvgIpc) is 3.04. The van der Waals surface area contributed by atoms with Crippen molar-refractivity contribution < 1.29 is 4.52 Å². The molecular weight excluding hydrogens is 300 g/mol. The van der Waals surface area contributed by atoms with Crippen LogP contribution >= 0.6 is 0 Å². The molecule has 3 aromatic rings. The second-order valence-electron chi connectivity index (χ2n) is 5.86. The fourth-order valence-corrected chi connectivity index (χ4v) is 2.48. The van der Waals surface area contributed by atoms with Gasteiger partial charge in [-0.15, -0.1) is 0 Å². The van der Waals surface area contributed by atoms with E-state index in [1.807, 2.05) is 56.4 Å². The topological polar surface area (TPSA) is 66.0 Å². The molecular formula is C19H18N4O. The highest BCUT2D eigenvalue weighted by Crippen LogP contribution is 2.17. The zero-order valence-electron chi connectivity index (χ0n) is 13.7. The Hall–Kier alpha value is -2.97. The Morgan fingerprint density at radius 3 is 2.67 bits per heavy atom. The third-order valence-electron chi connectivity index (χ3n) is 3.69. The lowest BCUT2D eigenvalue weighted by Crippen LogP contribution is -2.17. The minimum atomic E-state index is 0.551. The Labute approximate surface area is 141 Å². The third-order valence-corrected chi connectivity index (χ3v) is 3.69. The smallest absolute Gasteiger partial charge is 0.241 e. The second kappa shape index (κ2) is 7.07.